The lowest BCUT2D eigenvalue weighted by Crippen LogP contribution is -2.65. The van der Waals surface area contributed by atoms with E-state index in [0.29, 0.717) is 19.6 Å². The largest absolute Gasteiger partial charge is 0.350 e. The second-order valence-corrected chi connectivity index (χ2v) is 8.31. The summed E-state index contributed by atoms with van der Waals surface area (Å²) < 4.78 is 11.6. The van der Waals surface area contributed by atoms with Gasteiger partial charge >= 0.3 is 0 Å². The maximum atomic E-state index is 13.0. The van der Waals surface area contributed by atoms with Crippen molar-refractivity contribution in [2.45, 2.75) is 32.0 Å². The fraction of sp³-hybridized carbons (Fsp3) is 0.435. The van der Waals surface area contributed by atoms with Crippen molar-refractivity contribution in [2.24, 2.45) is 5.41 Å². The summed E-state index contributed by atoms with van der Waals surface area (Å²) in [5, 5.41) is 0. The third kappa shape index (κ3) is 3.92. The lowest BCUT2D eigenvalue weighted by Gasteiger charge is -2.54. The van der Waals surface area contributed by atoms with Crippen LogP contribution in [0.4, 0.5) is 0 Å². The van der Waals surface area contributed by atoms with E-state index >= 15 is 0 Å². The summed E-state index contributed by atoms with van der Waals surface area (Å²) in [5.74, 6) is -0.237. The van der Waals surface area contributed by atoms with E-state index in [1.54, 1.807) is 0 Å². The molecule has 2 heterocycles. The van der Waals surface area contributed by atoms with Crippen LogP contribution in [0.5, 0.6) is 0 Å². The second-order valence-electron chi connectivity index (χ2n) is 8.31. The van der Waals surface area contributed by atoms with E-state index in [1.165, 1.54) is 11.1 Å². The Balaban J connectivity index is 1.43. The van der Waals surface area contributed by atoms with Crippen LogP contribution >= 0.6 is 0 Å². The van der Waals surface area contributed by atoms with Crippen molar-refractivity contribution in [3.8, 4) is 0 Å². The molecule has 27 heavy (non-hydrogen) atoms. The summed E-state index contributed by atoms with van der Waals surface area (Å²) in [5.41, 5.74) is 2.33. The molecule has 142 valence electrons. The molecule has 0 aromatic heterocycles. The van der Waals surface area contributed by atoms with Gasteiger partial charge in [-0.1, -0.05) is 60.7 Å². The molecule has 2 aliphatic heterocycles. The Morgan fingerprint density at radius 3 is 1.89 bits per heavy atom. The molecule has 1 spiro atoms. The molecule has 0 radical (unpaired) electrons. The van der Waals surface area contributed by atoms with Gasteiger partial charge in [0, 0.05) is 25.4 Å². The first kappa shape index (κ1) is 18.2. The number of carbonyl (C=O) groups is 1. The number of nitrogens with zero attached hydrogens (tertiary/aromatic N) is 1. The maximum Gasteiger partial charge on any atom is 0.223 e. The maximum absolute atomic E-state index is 13.0. The minimum Gasteiger partial charge on any atom is -0.350 e. The number of ether oxygens (including phenoxy) is 2. The van der Waals surface area contributed by atoms with Gasteiger partial charge in [0.1, 0.15) is 0 Å². The van der Waals surface area contributed by atoms with Crippen molar-refractivity contribution >= 4 is 5.91 Å². The molecule has 0 bridgehead atoms. The fourth-order valence-corrected chi connectivity index (χ4v) is 3.96. The van der Waals surface area contributed by atoms with Gasteiger partial charge in [0.05, 0.1) is 18.6 Å². The van der Waals surface area contributed by atoms with Crippen LogP contribution in [0, 0.1) is 5.41 Å². The van der Waals surface area contributed by atoms with Gasteiger partial charge in [-0.15, -0.1) is 0 Å². The van der Waals surface area contributed by atoms with Gasteiger partial charge in [-0.3, -0.25) is 4.79 Å². The normalized spacial score (nSPS) is 20.5. The van der Waals surface area contributed by atoms with Crippen LogP contribution in [-0.4, -0.2) is 42.9 Å². The molecule has 0 unspecified atom stereocenters. The predicted octanol–water partition coefficient (Wildman–Crippen LogP) is 3.82. The number of rotatable bonds is 4. The number of benzene rings is 2. The zero-order valence-electron chi connectivity index (χ0n) is 16.1. The lowest BCUT2D eigenvalue weighted by molar-refractivity contribution is -0.303. The SMILES string of the molecule is CC1(C)OCC2(CO1)CN(C(=O)CC(c1ccccc1)c1ccccc1)C2. The van der Waals surface area contributed by atoms with Crippen molar-refractivity contribution in [3.05, 3.63) is 71.8 Å². The summed E-state index contributed by atoms with van der Waals surface area (Å²) in [6.07, 6.45) is 0.483. The van der Waals surface area contributed by atoms with Crippen LogP contribution in [0.15, 0.2) is 60.7 Å². The molecule has 2 saturated heterocycles. The number of likely N-dealkylation sites (tertiary alicyclic amines) is 1. The molecule has 0 N–H and O–H groups in total. The number of hydrogen-bond acceptors (Lipinski definition) is 3. The Morgan fingerprint density at radius 1 is 0.926 bits per heavy atom. The van der Waals surface area contributed by atoms with Crippen molar-refractivity contribution in [2.75, 3.05) is 26.3 Å². The molecular formula is C23H27NO3. The van der Waals surface area contributed by atoms with Crippen LogP contribution in [0.1, 0.15) is 37.3 Å². The Labute approximate surface area is 161 Å². The first-order valence-electron chi connectivity index (χ1n) is 9.62. The van der Waals surface area contributed by atoms with Crippen molar-refractivity contribution < 1.29 is 14.3 Å². The molecule has 0 atom stereocenters. The van der Waals surface area contributed by atoms with E-state index in [4.69, 9.17) is 9.47 Å². The van der Waals surface area contributed by atoms with Gasteiger partial charge in [-0.2, -0.15) is 0 Å². The summed E-state index contributed by atoms with van der Waals surface area (Å²) in [7, 11) is 0. The van der Waals surface area contributed by atoms with E-state index in [0.717, 1.165) is 13.1 Å². The molecule has 0 saturated carbocycles. The average molecular weight is 365 g/mol. The predicted molar refractivity (Wildman–Crippen MR) is 104 cm³/mol. The summed E-state index contributed by atoms with van der Waals surface area (Å²) >= 11 is 0. The lowest BCUT2D eigenvalue weighted by atomic mass is 9.79. The highest BCUT2D eigenvalue weighted by Gasteiger charge is 2.50. The topological polar surface area (TPSA) is 38.8 Å². The number of carbonyl (C=O) groups excluding carboxylic acids is 1. The Bertz CT molecular complexity index is 730. The summed E-state index contributed by atoms with van der Waals surface area (Å²) in [4.78, 5) is 14.9. The van der Waals surface area contributed by atoms with Gasteiger partial charge in [0.15, 0.2) is 5.79 Å². The molecule has 4 heteroatoms. The third-order valence-corrected chi connectivity index (χ3v) is 5.64. The third-order valence-electron chi connectivity index (χ3n) is 5.64. The minimum absolute atomic E-state index is 0.0276. The summed E-state index contributed by atoms with van der Waals surface area (Å²) in [6.45, 7) is 6.63. The van der Waals surface area contributed by atoms with Crippen LogP contribution in [0.2, 0.25) is 0 Å². The standard InChI is InChI=1S/C23H27NO3/c1-22(2)26-16-23(17-27-22)14-24(15-23)21(25)13-20(18-9-5-3-6-10-18)19-11-7-4-8-12-19/h3-12,20H,13-17H2,1-2H3. The quantitative estimate of drug-likeness (QED) is 0.827. The highest BCUT2D eigenvalue weighted by molar-refractivity contribution is 5.79. The van der Waals surface area contributed by atoms with Crippen molar-refractivity contribution in [3.63, 3.8) is 0 Å². The number of hydrogen-bond donors (Lipinski definition) is 0. The van der Waals surface area contributed by atoms with E-state index in [9.17, 15) is 4.79 Å². The van der Waals surface area contributed by atoms with Gasteiger partial charge in [-0.05, 0) is 25.0 Å². The first-order chi connectivity index (χ1) is 13.0. The smallest absolute Gasteiger partial charge is 0.223 e. The van der Waals surface area contributed by atoms with Gasteiger partial charge in [0.25, 0.3) is 0 Å². The fourth-order valence-electron chi connectivity index (χ4n) is 3.96. The molecule has 4 nitrogen and oxygen atoms in total. The van der Waals surface area contributed by atoms with Gasteiger partial charge < -0.3 is 14.4 Å². The molecule has 2 aliphatic rings. The van der Waals surface area contributed by atoms with Crippen LogP contribution < -0.4 is 0 Å². The summed E-state index contributed by atoms with van der Waals surface area (Å²) in [6, 6.07) is 20.6. The zero-order chi connectivity index (χ0) is 18.9. The molecule has 2 aromatic carbocycles. The highest BCUT2D eigenvalue weighted by Crippen LogP contribution is 2.39. The Hall–Kier alpha value is -2.17. The molecular weight excluding hydrogens is 338 g/mol. The first-order valence-corrected chi connectivity index (χ1v) is 9.62. The van der Waals surface area contributed by atoms with E-state index < -0.39 is 5.79 Å². The molecule has 4 rings (SSSR count). The van der Waals surface area contributed by atoms with Crippen LogP contribution in [0.25, 0.3) is 0 Å². The zero-order valence-corrected chi connectivity index (χ0v) is 16.1. The molecule has 2 aromatic rings. The molecule has 0 aliphatic carbocycles. The molecule has 2 fully saturated rings. The van der Waals surface area contributed by atoms with E-state index in [2.05, 4.69) is 24.3 Å². The van der Waals surface area contributed by atoms with Crippen LogP contribution in [-0.2, 0) is 14.3 Å². The van der Waals surface area contributed by atoms with Crippen LogP contribution in [0.3, 0.4) is 0 Å². The molecule has 1 amide bonds. The van der Waals surface area contributed by atoms with E-state index in [1.807, 2.05) is 55.1 Å². The Kier molecular flexibility index (Phi) is 4.79. The van der Waals surface area contributed by atoms with Crippen molar-refractivity contribution in [1.82, 2.24) is 4.90 Å². The second kappa shape index (κ2) is 7.10. The monoisotopic (exact) mass is 365 g/mol. The van der Waals surface area contributed by atoms with E-state index in [-0.39, 0.29) is 17.2 Å². The number of amides is 1. The van der Waals surface area contributed by atoms with Crippen molar-refractivity contribution in [1.29, 1.82) is 0 Å². The minimum atomic E-state index is -0.513. The van der Waals surface area contributed by atoms with Gasteiger partial charge in [-0.25, -0.2) is 0 Å². The van der Waals surface area contributed by atoms with Gasteiger partial charge in [0.2, 0.25) is 5.91 Å². The Morgan fingerprint density at radius 2 is 1.41 bits per heavy atom. The highest BCUT2D eigenvalue weighted by atomic mass is 16.7. The average Bonchev–Trinajstić information content (AvgIpc) is 2.66.